The van der Waals surface area contributed by atoms with Crippen LogP contribution in [0.4, 0.5) is 0 Å². The topological polar surface area (TPSA) is 88.5 Å². The maximum absolute atomic E-state index is 13.1. The van der Waals surface area contributed by atoms with Gasteiger partial charge in [-0.25, -0.2) is 9.78 Å². The van der Waals surface area contributed by atoms with Crippen molar-refractivity contribution < 1.29 is 19.4 Å². The highest BCUT2D eigenvalue weighted by atomic mass is 16.5. The largest absolute Gasteiger partial charge is 0.479 e. The molecule has 1 fully saturated rings. The van der Waals surface area contributed by atoms with Gasteiger partial charge in [0.1, 0.15) is 23.2 Å². The van der Waals surface area contributed by atoms with Gasteiger partial charge in [0.05, 0.1) is 5.69 Å². The Labute approximate surface area is 225 Å². The number of nitrogens with zero attached hydrogens (tertiary/aromatic N) is 1. The number of aromatic nitrogens is 1. The van der Waals surface area contributed by atoms with E-state index in [2.05, 4.69) is 44.8 Å². The molecule has 6 heteroatoms. The van der Waals surface area contributed by atoms with Crippen molar-refractivity contribution in [1.82, 2.24) is 10.3 Å². The second kappa shape index (κ2) is 11.4. The fraction of sp³-hybridized carbons (Fsp3) is 0.406. The van der Waals surface area contributed by atoms with E-state index in [9.17, 15) is 14.7 Å². The number of amides is 1. The Hall–Kier alpha value is -3.67. The van der Waals surface area contributed by atoms with Crippen LogP contribution in [-0.4, -0.2) is 28.0 Å². The van der Waals surface area contributed by atoms with Crippen LogP contribution in [0.2, 0.25) is 0 Å². The van der Waals surface area contributed by atoms with Crippen molar-refractivity contribution in [3.8, 4) is 11.5 Å². The lowest BCUT2D eigenvalue weighted by Crippen LogP contribution is -2.41. The zero-order valence-electron chi connectivity index (χ0n) is 22.8. The molecule has 2 N–H and O–H groups in total. The maximum atomic E-state index is 13.1. The van der Waals surface area contributed by atoms with Gasteiger partial charge in [0, 0.05) is 11.3 Å². The summed E-state index contributed by atoms with van der Waals surface area (Å²) in [6, 6.07) is 14.6. The first kappa shape index (κ1) is 27.4. The number of ether oxygens (including phenoxy) is 1. The quantitative estimate of drug-likeness (QED) is 0.251. The summed E-state index contributed by atoms with van der Waals surface area (Å²) < 4.78 is 6.22. The van der Waals surface area contributed by atoms with E-state index in [4.69, 9.17) is 9.72 Å². The molecular formula is C32H38N2O4. The molecule has 200 valence electrons. The summed E-state index contributed by atoms with van der Waals surface area (Å²) in [4.78, 5) is 29.6. The average Bonchev–Trinajstić information content (AvgIpc) is 3.15. The van der Waals surface area contributed by atoms with Crippen molar-refractivity contribution in [2.75, 3.05) is 0 Å². The third-order valence-electron chi connectivity index (χ3n) is 7.28. The zero-order chi connectivity index (χ0) is 27.4. The van der Waals surface area contributed by atoms with Crippen LogP contribution in [0.3, 0.4) is 0 Å². The molecule has 1 aliphatic rings. The smallest absolute Gasteiger partial charge is 0.330 e. The van der Waals surface area contributed by atoms with Crippen LogP contribution in [0, 0.1) is 0 Å². The molecule has 1 amide bonds. The van der Waals surface area contributed by atoms with Crippen molar-refractivity contribution in [1.29, 1.82) is 0 Å². The molecule has 1 heterocycles. The molecule has 0 radical (unpaired) electrons. The van der Waals surface area contributed by atoms with E-state index in [1.54, 1.807) is 13.0 Å². The molecule has 38 heavy (non-hydrogen) atoms. The second-order valence-corrected chi connectivity index (χ2v) is 11.4. The van der Waals surface area contributed by atoms with Gasteiger partial charge in [0.15, 0.2) is 0 Å². The number of carboxylic acids is 1. The lowest BCUT2D eigenvalue weighted by molar-refractivity contribution is -0.138. The fourth-order valence-electron chi connectivity index (χ4n) is 5.06. The summed E-state index contributed by atoms with van der Waals surface area (Å²) in [6.07, 6.45) is 6.67. The first-order valence-corrected chi connectivity index (χ1v) is 13.4. The van der Waals surface area contributed by atoms with E-state index >= 15 is 0 Å². The lowest BCUT2D eigenvalue weighted by Gasteiger charge is -2.20. The van der Waals surface area contributed by atoms with Gasteiger partial charge in [-0.1, -0.05) is 71.2 Å². The number of aliphatic carboxylic acids is 1. The van der Waals surface area contributed by atoms with Gasteiger partial charge >= 0.3 is 5.97 Å². The Bertz CT molecular complexity index is 1320. The summed E-state index contributed by atoms with van der Waals surface area (Å²) in [5.74, 6) is 0.0369. The minimum atomic E-state index is -1.17. The molecular weight excluding hydrogens is 476 g/mol. The number of carbonyl (C=O) groups is 2. The van der Waals surface area contributed by atoms with Crippen molar-refractivity contribution in [3.05, 3.63) is 77.6 Å². The summed E-state index contributed by atoms with van der Waals surface area (Å²) in [7, 11) is 0. The number of rotatable bonds is 7. The van der Waals surface area contributed by atoms with E-state index in [-0.39, 0.29) is 17.0 Å². The van der Waals surface area contributed by atoms with Crippen molar-refractivity contribution in [2.45, 2.75) is 83.6 Å². The first-order chi connectivity index (χ1) is 18.0. The molecule has 4 rings (SSSR count). The van der Waals surface area contributed by atoms with Gasteiger partial charge in [-0.15, -0.1) is 0 Å². The van der Waals surface area contributed by atoms with Gasteiger partial charge in [-0.2, -0.15) is 0 Å². The Kier molecular flexibility index (Phi) is 8.20. The fourth-order valence-corrected chi connectivity index (χ4v) is 5.06. The molecule has 0 bridgehead atoms. The van der Waals surface area contributed by atoms with Crippen LogP contribution in [0.1, 0.15) is 93.9 Å². The van der Waals surface area contributed by atoms with E-state index in [0.717, 1.165) is 47.9 Å². The highest BCUT2D eigenvalue weighted by Crippen LogP contribution is 2.37. The molecule has 1 aromatic heterocycles. The number of fused-ring (bicyclic) bond motifs is 1. The van der Waals surface area contributed by atoms with Gasteiger partial charge in [0.25, 0.3) is 5.91 Å². The molecule has 1 atom stereocenters. The van der Waals surface area contributed by atoms with Crippen LogP contribution in [-0.2, 0) is 10.2 Å². The number of hydrogen-bond donors (Lipinski definition) is 2. The van der Waals surface area contributed by atoms with Gasteiger partial charge < -0.3 is 15.2 Å². The number of benzene rings is 2. The third kappa shape index (κ3) is 6.42. The van der Waals surface area contributed by atoms with E-state index in [1.807, 2.05) is 30.3 Å². The van der Waals surface area contributed by atoms with E-state index < -0.39 is 17.9 Å². The van der Waals surface area contributed by atoms with Gasteiger partial charge in [-0.05, 0) is 72.0 Å². The molecule has 0 unspecified atom stereocenters. The Morgan fingerprint density at radius 1 is 1.00 bits per heavy atom. The molecule has 6 nitrogen and oxygen atoms in total. The summed E-state index contributed by atoms with van der Waals surface area (Å²) in [5, 5.41) is 13.9. The molecule has 1 saturated carbocycles. The van der Waals surface area contributed by atoms with E-state index in [0.29, 0.717) is 11.3 Å². The predicted octanol–water partition coefficient (Wildman–Crippen LogP) is 7.52. The predicted molar refractivity (Wildman–Crippen MR) is 151 cm³/mol. The Morgan fingerprint density at radius 3 is 2.21 bits per heavy atom. The monoisotopic (exact) mass is 514 g/mol. The minimum Gasteiger partial charge on any atom is -0.479 e. The number of carboxylic acid groups (broad SMARTS) is 1. The Morgan fingerprint density at radius 2 is 1.63 bits per heavy atom. The summed E-state index contributed by atoms with van der Waals surface area (Å²) >= 11 is 0. The van der Waals surface area contributed by atoms with Crippen LogP contribution >= 0.6 is 0 Å². The molecule has 2 aromatic carbocycles. The van der Waals surface area contributed by atoms with Crippen molar-refractivity contribution in [3.63, 3.8) is 0 Å². The minimum absolute atomic E-state index is 0.0691. The van der Waals surface area contributed by atoms with Crippen LogP contribution in [0.15, 0.2) is 60.7 Å². The standard InChI is InChI=1S/C32H38N2O4/c1-20(2)28(31(36)37)34-30(35)27-18-22-12-15-25(38-24-16-13-23(14-17-24)32(3,4)5)19-26(22)29(33-27)21-10-8-6-7-9-11-21/h12-19,21,28H,1,6-11H2,2-5H3,(H,34,35)(H,36,37)/t28-/m0/s1. The SMILES string of the molecule is C=C(C)[C@H](NC(=O)c1cc2ccc(Oc3ccc(C(C)(C)C)cc3)cc2c(C2CCCCCC2)n1)C(=O)O. The average molecular weight is 515 g/mol. The van der Waals surface area contributed by atoms with Crippen LogP contribution < -0.4 is 10.1 Å². The molecule has 0 aliphatic heterocycles. The Balaban J connectivity index is 1.71. The summed E-state index contributed by atoms with van der Waals surface area (Å²) in [5.41, 5.74) is 2.76. The normalized spacial score (nSPS) is 15.5. The van der Waals surface area contributed by atoms with Crippen molar-refractivity contribution >= 4 is 22.6 Å². The molecule has 1 aliphatic carbocycles. The third-order valence-corrected chi connectivity index (χ3v) is 7.28. The number of carbonyl (C=O) groups excluding carboxylic acids is 1. The highest BCUT2D eigenvalue weighted by Gasteiger charge is 2.25. The van der Waals surface area contributed by atoms with Crippen LogP contribution in [0.25, 0.3) is 10.8 Å². The molecule has 3 aromatic rings. The lowest BCUT2D eigenvalue weighted by atomic mass is 9.87. The maximum Gasteiger partial charge on any atom is 0.330 e. The zero-order valence-corrected chi connectivity index (χ0v) is 22.8. The second-order valence-electron chi connectivity index (χ2n) is 11.4. The number of nitrogens with one attached hydrogen (secondary N) is 1. The number of hydrogen-bond acceptors (Lipinski definition) is 4. The van der Waals surface area contributed by atoms with Gasteiger partial charge in [-0.3, -0.25) is 4.79 Å². The number of pyridine rings is 1. The summed E-state index contributed by atoms with van der Waals surface area (Å²) in [6.45, 7) is 11.8. The molecule has 0 spiro atoms. The first-order valence-electron chi connectivity index (χ1n) is 13.4. The van der Waals surface area contributed by atoms with Crippen LogP contribution in [0.5, 0.6) is 11.5 Å². The van der Waals surface area contributed by atoms with E-state index in [1.165, 1.54) is 18.4 Å². The van der Waals surface area contributed by atoms with Gasteiger partial charge in [0.2, 0.25) is 0 Å². The highest BCUT2D eigenvalue weighted by molar-refractivity contribution is 5.99. The molecule has 0 saturated heterocycles. The van der Waals surface area contributed by atoms with Crippen molar-refractivity contribution in [2.24, 2.45) is 0 Å².